The molecule has 0 bridgehead atoms. The smallest absolute Gasteiger partial charge is 0.183 e. The van der Waals surface area contributed by atoms with Crippen molar-refractivity contribution in [1.82, 2.24) is 4.98 Å². The van der Waals surface area contributed by atoms with Crippen LogP contribution < -0.4 is 5.32 Å². The zero-order chi connectivity index (χ0) is 12.5. The molecule has 3 rings (SSSR count). The van der Waals surface area contributed by atoms with Crippen molar-refractivity contribution in [3.8, 4) is 0 Å². The molecule has 96 valence electrons. The Balaban J connectivity index is 1.78. The molecule has 3 nitrogen and oxygen atoms in total. The van der Waals surface area contributed by atoms with Crippen LogP contribution in [0.15, 0.2) is 12.1 Å². The van der Waals surface area contributed by atoms with Gasteiger partial charge in [0.15, 0.2) is 5.13 Å². The minimum atomic E-state index is 0.335. The second-order valence-corrected chi connectivity index (χ2v) is 5.99. The minimum absolute atomic E-state index is 0.335. The van der Waals surface area contributed by atoms with E-state index in [1.54, 1.807) is 11.3 Å². The van der Waals surface area contributed by atoms with Crippen molar-refractivity contribution in [1.29, 1.82) is 0 Å². The molecule has 1 N–H and O–H groups in total. The van der Waals surface area contributed by atoms with Crippen LogP contribution in [0.3, 0.4) is 0 Å². The van der Waals surface area contributed by atoms with Crippen molar-refractivity contribution in [2.24, 2.45) is 0 Å². The molecular formula is C13H15ClN2OS. The molecule has 1 aliphatic heterocycles. The summed E-state index contributed by atoms with van der Waals surface area (Å²) < 4.78 is 6.76. The number of ether oxygens (including phenoxy) is 1. The van der Waals surface area contributed by atoms with Crippen LogP contribution in [0.2, 0.25) is 5.02 Å². The molecule has 0 saturated carbocycles. The van der Waals surface area contributed by atoms with Crippen molar-refractivity contribution in [2.75, 3.05) is 18.5 Å². The van der Waals surface area contributed by atoms with Gasteiger partial charge >= 0.3 is 0 Å². The first-order valence-electron chi connectivity index (χ1n) is 6.15. The number of aryl methyl sites for hydroxylation is 1. The Labute approximate surface area is 115 Å². The van der Waals surface area contributed by atoms with E-state index in [-0.39, 0.29) is 0 Å². The van der Waals surface area contributed by atoms with Gasteiger partial charge in [-0.05, 0) is 37.5 Å². The lowest BCUT2D eigenvalue weighted by Crippen LogP contribution is -2.18. The van der Waals surface area contributed by atoms with E-state index in [4.69, 9.17) is 16.3 Å². The second-order valence-electron chi connectivity index (χ2n) is 4.55. The number of aromatic nitrogens is 1. The molecule has 2 aromatic rings. The highest BCUT2D eigenvalue weighted by Gasteiger charge is 2.16. The predicted molar refractivity (Wildman–Crippen MR) is 76.8 cm³/mol. The first kappa shape index (κ1) is 12.2. The van der Waals surface area contributed by atoms with Crippen LogP contribution in [-0.4, -0.2) is 24.2 Å². The van der Waals surface area contributed by atoms with Gasteiger partial charge < -0.3 is 10.1 Å². The molecule has 2 heterocycles. The van der Waals surface area contributed by atoms with E-state index in [1.807, 2.05) is 19.1 Å². The van der Waals surface area contributed by atoms with Gasteiger partial charge in [-0.15, -0.1) is 0 Å². The van der Waals surface area contributed by atoms with Gasteiger partial charge in [0.25, 0.3) is 0 Å². The van der Waals surface area contributed by atoms with Gasteiger partial charge in [-0.25, -0.2) is 4.98 Å². The third-order valence-corrected chi connectivity index (χ3v) is 4.64. The van der Waals surface area contributed by atoms with Crippen LogP contribution in [0, 0.1) is 6.92 Å². The molecular weight excluding hydrogens is 268 g/mol. The summed E-state index contributed by atoms with van der Waals surface area (Å²) in [5.41, 5.74) is 2.05. The maximum Gasteiger partial charge on any atom is 0.183 e. The molecule has 1 atom stereocenters. The number of benzene rings is 1. The minimum Gasteiger partial charge on any atom is -0.376 e. The van der Waals surface area contributed by atoms with E-state index in [2.05, 4.69) is 10.3 Å². The molecule has 0 unspecified atom stereocenters. The number of hydrogen-bond acceptors (Lipinski definition) is 4. The number of fused-ring (bicyclic) bond motifs is 1. The molecule has 0 amide bonds. The number of rotatable bonds is 3. The standard InChI is InChI=1S/C13H15ClN2OS/c1-8-10(14)4-5-11-12(8)16-13(18-11)15-7-9-3-2-6-17-9/h4-5,9H,2-3,6-7H2,1H3,(H,15,16)/t9-/m0/s1. The Morgan fingerprint density at radius 3 is 3.22 bits per heavy atom. The van der Waals surface area contributed by atoms with Gasteiger partial charge in [0.1, 0.15) is 0 Å². The number of nitrogens with zero attached hydrogens (tertiary/aromatic N) is 1. The lowest BCUT2D eigenvalue weighted by atomic mass is 10.2. The Morgan fingerprint density at radius 1 is 1.56 bits per heavy atom. The largest absolute Gasteiger partial charge is 0.376 e. The Morgan fingerprint density at radius 2 is 2.44 bits per heavy atom. The van der Waals surface area contributed by atoms with Crippen molar-refractivity contribution in [3.05, 3.63) is 22.7 Å². The SMILES string of the molecule is Cc1c(Cl)ccc2sc(NC[C@@H]3CCCO3)nc12. The first-order chi connectivity index (χ1) is 8.74. The fourth-order valence-corrected chi connectivity index (χ4v) is 3.27. The number of nitrogens with one attached hydrogen (secondary N) is 1. The summed E-state index contributed by atoms with van der Waals surface area (Å²) in [7, 11) is 0. The van der Waals surface area contributed by atoms with Crippen LogP contribution in [-0.2, 0) is 4.74 Å². The molecule has 1 saturated heterocycles. The third kappa shape index (κ3) is 2.32. The summed E-state index contributed by atoms with van der Waals surface area (Å²) in [4.78, 5) is 4.60. The van der Waals surface area contributed by atoms with E-state index in [0.717, 1.165) is 40.8 Å². The van der Waals surface area contributed by atoms with Crippen molar-refractivity contribution >= 4 is 38.3 Å². The highest BCUT2D eigenvalue weighted by Crippen LogP contribution is 2.31. The molecule has 5 heteroatoms. The monoisotopic (exact) mass is 282 g/mol. The van der Waals surface area contributed by atoms with Gasteiger partial charge in [0.2, 0.25) is 0 Å². The number of thiazole rings is 1. The zero-order valence-electron chi connectivity index (χ0n) is 10.2. The molecule has 0 aliphatic carbocycles. The van der Waals surface area contributed by atoms with E-state index in [1.165, 1.54) is 11.1 Å². The molecule has 1 aliphatic rings. The average Bonchev–Trinajstić information content (AvgIpc) is 3.00. The number of halogens is 1. The summed E-state index contributed by atoms with van der Waals surface area (Å²) in [5, 5.41) is 5.09. The predicted octanol–water partition coefficient (Wildman–Crippen LogP) is 3.85. The molecule has 18 heavy (non-hydrogen) atoms. The van der Waals surface area contributed by atoms with Gasteiger partial charge in [-0.3, -0.25) is 0 Å². The molecule has 0 spiro atoms. The van der Waals surface area contributed by atoms with Crippen LogP contribution in [0.1, 0.15) is 18.4 Å². The van der Waals surface area contributed by atoms with Crippen molar-refractivity contribution < 1.29 is 4.74 Å². The summed E-state index contributed by atoms with van der Waals surface area (Å²) in [6.45, 7) is 3.74. The molecule has 1 aromatic carbocycles. The van der Waals surface area contributed by atoms with Crippen LogP contribution in [0.4, 0.5) is 5.13 Å². The van der Waals surface area contributed by atoms with Crippen molar-refractivity contribution in [2.45, 2.75) is 25.9 Å². The van der Waals surface area contributed by atoms with Gasteiger partial charge in [-0.1, -0.05) is 22.9 Å². The topological polar surface area (TPSA) is 34.1 Å². The molecule has 1 aromatic heterocycles. The van der Waals surface area contributed by atoms with E-state index in [9.17, 15) is 0 Å². The highest BCUT2D eigenvalue weighted by atomic mass is 35.5. The summed E-state index contributed by atoms with van der Waals surface area (Å²) in [5.74, 6) is 0. The number of anilines is 1. The maximum atomic E-state index is 6.10. The quantitative estimate of drug-likeness (QED) is 0.928. The summed E-state index contributed by atoms with van der Waals surface area (Å²) in [6, 6.07) is 3.96. The third-order valence-electron chi connectivity index (χ3n) is 3.25. The fourth-order valence-electron chi connectivity index (χ4n) is 2.18. The van der Waals surface area contributed by atoms with Crippen LogP contribution in [0.25, 0.3) is 10.2 Å². The first-order valence-corrected chi connectivity index (χ1v) is 7.34. The average molecular weight is 283 g/mol. The van der Waals surface area contributed by atoms with Crippen molar-refractivity contribution in [3.63, 3.8) is 0 Å². The van der Waals surface area contributed by atoms with Crippen LogP contribution >= 0.6 is 22.9 Å². The zero-order valence-corrected chi connectivity index (χ0v) is 11.8. The summed E-state index contributed by atoms with van der Waals surface area (Å²) >= 11 is 7.77. The maximum absolute atomic E-state index is 6.10. The van der Waals surface area contributed by atoms with Crippen LogP contribution in [0.5, 0.6) is 0 Å². The van der Waals surface area contributed by atoms with Gasteiger partial charge in [-0.2, -0.15) is 0 Å². The lowest BCUT2D eigenvalue weighted by Gasteiger charge is -2.08. The van der Waals surface area contributed by atoms with Gasteiger partial charge in [0, 0.05) is 18.2 Å². The lowest BCUT2D eigenvalue weighted by molar-refractivity contribution is 0.120. The number of hydrogen-bond donors (Lipinski definition) is 1. The van der Waals surface area contributed by atoms with E-state index >= 15 is 0 Å². The Bertz CT molecular complexity index is 563. The van der Waals surface area contributed by atoms with E-state index in [0.29, 0.717) is 6.10 Å². The molecule has 1 fully saturated rings. The normalized spacial score (nSPS) is 19.6. The molecule has 0 radical (unpaired) electrons. The Hall–Kier alpha value is -0.840. The van der Waals surface area contributed by atoms with E-state index < -0.39 is 0 Å². The summed E-state index contributed by atoms with van der Waals surface area (Å²) in [6.07, 6.45) is 2.64. The van der Waals surface area contributed by atoms with Gasteiger partial charge in [0.05, 0.1) is 16.3 Å². The second kappa shape index (κ2) is 5.03. The Kier molecular flexibility index (Phi) is 3.41. The fraction of sp³-hybridized carbons (Fsp3) is 0.462. The highest BCUT2D eigenvalue weighted by molar-refractivity contribution is 7.22.